The number of nitrogens with one attached hydrogen (secondary N) is 3. The maximum atomic E-state index is 12.2. The number of nitrogens with zero attached hydrogens (tertiary/aromatic N) is 1. The van der Waals surface area contributed by atoms with E-state index in [0.29, 0.717) is 17.2 Å². The first-order valence-electron chi connectivity index (χ1n) is 7.38. The van der Waals surface area contributed by atoms with Crippen molar-refractivity contribution in [2.24, 2.45) is 5.92 Å². The lowest BCUT2D eigenvalue weighted by Crippen LogP contribution is -2.42. The van der Waals surface area contributed by atoms with Crippen molar-refractivity contribution in [3.05, 3.63) is 52.5 Å². The Morgan fingerprint density at radius 1 is 1.22 bits per heavy atom. The molecule has 1 heterocycles. The zero-order chi connectivity index (χ0) is 16.2. The predicted molar refractivity (Wildman–Crippen MR) is 84.5 cm³/mol. The predicted octanol–water partition coefficient (Wildman–Crippen LogP) is 1.04. The average Bonchev–Trinajstić information content (AvgIpc) is 3.06. The van der Waals surface area contributed by atoms with Gasteiger partial charge in [0.25, 0.3) is 11.5 Å². The Bertz CT molecular complexity index is 841. The number of H-pyrrole nitrogens is 1. The number of allylic oxidation sites excluding steroid dienone is 2. The normalized spacial score (nSPS) is 16.4. The Balaban J connectivity index is 1.69. The molecule has 2 amide bonds. The highest BCUT2D eigenvalue weighted by molar-refractivity contribution is 6.05. The molecular weight excluding hydrogens is 296 g/mol. The van der Waals surface area contributed by atoms with Gasteiger partial charge in [0, 0.05) is 11.8 Å². The molecule has 1 aliphatic rings. The van der Waals surface area contributed by atoms with E-state index in [1.54, 1.807) is 24.3 Å². The minimum Gasteiger partial charge on any atom is -0.273 e. The molecule has 0 bridgehead atoms. The van der Waals surface area contributed by atoms with Crippen LogP contribution in [0.1, 0.15) is 29.8 Å². The van der Waals surface area contributed by atoms with Crippen LogP contribution < -0.4 is 16.4 Å². The van der Waals surface area contributed by atoms with E-state index in [4.69, 9.17) is 0 Å². The number of carbonyl (C=O) groups excluding carboxylic acids is 2. The van der Waals surface area contributed by atoms with Crippen LogP contribution in [0.4, 0.5) is 0 Å². The third-order valence-corrected chi connectivity index (χ3v) is 3.79. The molecule has 0 unspecified atom stereocenters. The van der Waals surface area contributed by atoms with Crippen molar-refractivity contribution in [2.45, 2.75) is 19.3 Å². The fourth-order valence-electron chi connectivity index (χ4n) is 2.63. The van der Waals surface area contributed by atoms with Gasteiger partial charge in [-0.05, 0) is 24.8 Å². The van der Waals surface area contributed by atoms with E-state index in [1.807, 2.05) is 12.2 Å². The highest BCUT2D eigenvalue weighted by atomic mass is 16.2. The molecule has 2 aromatic rings. The molecule has 0 aliphatic heterocycles. The maximum Gasteiger partial charge on any atom is 0.290 e. The first kappa shape index (κ1) is 15.0. The van der Waals surface area contributed by atoms with Crippen molar-refractivity contribution in [3.63, 3.8) is 0 Å². The number of carbonyl (C=O) groups is 2. The van der Waals surface area contributed by atoms with E-state index in [0.717, 1.165) is 12.8 Å². The Morgan fingerprint density at radius 3 is 2.74 bits per heavy atom. The summed E-state index contributed by atoms with van der Waals surface area (Å²) in [5.41, 5.74) is 4.41. The maximum absolute atomic E-state index is 12.2. The molecule has 0 saturated carbocycles. The minimum absolute atomic E-state index is 0.0567. The van der Waals surface area contributed by atoms with Gasteiger partial charge >= 0.3 is 0 Å². The minimum atomic E-state index is -0.576. The van der Waals surface area contributed by atoms with Crippen molar-refractivity contribution >= 4 is 22.6 Å². The summed E-state index contributed by atoms with van der Waals surface area (Å²) in [6.45, 7) is 0. The van der Waals surface area contributed by atoms with Crippen molar-refractivity contribution < 1.29 is 9.59 Å². The lowest BCUT2D eigenvalue weighted by atomic mass is 10.1. The number of hydrazine groups is 1. The van der Waals surface area contributed by atoms with E-state index >= 15 is 0 Å². The molecule has 3 N–H and O–H groups in total. The number of hydrogen-bond acceptors (Lipinski definition) is 4. The molecule has 3 rings (SSSR count). The van der Waals surface area contributed by atoms with Gasteiger partial charge in [-0.2, -0.15) is 5.10 Å². The molecule has 7 nitrogen and oxygen atoms in total. The molecule has 0 saturated heterocycles. The van der Waals surface area contributed by atoms with E-state index < -0.39 is 5.91 Å². The molecule has 1 aromatic heterocycles. The summed E-state index contributed by atoms with van der Waals surface area (Å²) in [6, 6.07) is 6.66. The van der Waals surface area contributed by atoms with Gasteiger partial charge in [-0.15, -0.1) is 0 Å². The van der Waals surface area contributed by atoms with E-state index in [2.05, 4.69) is 21.0 Å². The number of rotatable bonds is 3. The molecule has 0 spiro atoms. The zero-order valence-corrected chi connectivity index (χ0v) is 12.3. The number of fused-ring (bicyclic) bond motifs is 1. The number of aromatic nitrogens is 2. The monoisotopic (exact) mass is 312 g/mol. The van der Waals surface area contributed by atoms with E-state index in [-0.39, 0.29) is 23.1 Å². The first-order valence-corrected chi connectivity index (χ1v) is 7.38. The standard InChI is InChI=1S/C16H16N4O3/c21-13(9-10-5-1-2-6-10)17-20-16(23)14-11-7-3-4-8-12(11)15(22)19-18-14/h1,3-5,7-8,10H,2,6,9H2,(H,17,21)(H,19,22)(H,20,23)/t10-/m1/s1. The van der Waals surface area contributed by atoms with Gasteiger partial charge in [-0.1, -0.05) is 30.4 Å². The second-order valence-corrected chi connectivity index (χ2v) is 5.42. The molecule has 1 aliphatic carbocycles. The van der Waals surface area contributed by atoms with Crippen molar-refractivity contribution in [1.82, 2.24) is 21.0 Å². The van der Waals surface area contributed by atoms with E-state index in [9.17, 15) is 14.4 Å². The summed E-state index contributed by atoms with van der Waals surface area (Å²) >= 11 is 0. The zero-order valence-electron chi connectivity index (χ0n) is 12.3. The van der Waals surface area contributed by atoms with Crippen molar-refractivity contribution in [3.8, 4) is 0 Å². The van der Waals surface area contributed by atoms with E-state index in [1.165, 1.54) is 0 Å². The molecule has 0 radical (unpaired) electrons. The van der Waals surface area contributed by atoms with Crippen molar-refractivity contribution in [1.29, 1.82) is 0 Å². The van der Waals surface area contributed by atoms with Crippen LogP contribution in [-0.4, -0.2) is 22.0 Å². The third kappa shape index (κ3) is 3.28. The lowest BCUT2D eigenvalue weighted by Gasteiger charge is -2.10. The average molecular weight is 312 g/mol. The molecule has 7 heteroatoms. The van der Waals surface area contributed by atoms with Crippen LogP contribution in [0.15, 0.2) is 41.2 Å². The SMILES string of the molecule is O=C(C[C@@H]1C=CCC1)NNC(=O)c1n[nH]c(=O)c2ccccc12. The van der Waals surface area contributed by atoms with Gasteiger partial charge in [0.15, 0.2) is 5.69 Å². The smallest absolute Gasteiger partial charge is 0.273 e. The summed E-state index contributed by atoms with van der Waals surface area (Å²) in [5.74, 6) is -0.615. The van der Waals surface area contributed by atoms with Crippen LogP contribution >= 0.6 is 0 Å². The summed E-state index contributed by atoms with van der Waals surface area (Å²) in [7, 11) is 0. The largest absolute Gasteiger partial charge is 0.290 e. The highest BCUT2D eigenvalue weighted by Crippen LogP contribution is 2.19. The summed E-state index contributed by atoms with van der Waals surface area (Å²) < 4.78 is 0. The van der Waals surface area contributed by atoms with Crippen LogP contribution in [0.25, 0.3) is 10.8 Å². The van der Waals surface area contributed by atoms with Gasteiger partial charge in [-0.3, -0.25) is 25.2 Å². The lowest BCUT2D eigenvalue weighted by molar-refractivity contribution is -0.122. The molecular formula is C16H16N4O3. The van der Waals surface area contributed by atoms with Gasteiger partial charge in [0.05, 0.1) is 5.39 Å². The van der Waals surface area contributed by atoms with Gasteiger partial charge in [-0.25, -0.2) is 5.10 Å². The molecule has 23 heavy (non-hydrogen) atoms. The summed E-state index contributed by atoms with van der Waals surface area (Å²) in [6.07, 6.45) is 6.33. The fraction of sp³-hybridized carbons (Fsp3) is 0.250. The number of hydrogen-bond donors (Lipinski definition) is 3. The van der Waals surface area contributed by atoms with Crippen LogP contribution in [0.5, 0.6) is 0 Å². The second-order valence-electron chi connectivity index (χ2n) is 5.42. The van der Waals surface area contributed by atoms with Gasteiger partial charge < -0.3 is 0 Å². The van der Waals surface area contributed by atoms with Gasteiger partial charge in [0.2, 0.25) is 5.91 Å². The third-order valence-electron chi connectivity index (χ3n) is 3.79. The highest BCUT2D eigenvalue weighted by Gasteiger charge is 2.17. The van der Waals surface area contributed by atoms with Crippen LogP contribution in [-0.2, 0) is 4.79 Å². The quantitative estimate of drug-likeness (QED) is 0.582. The van der Waals surface area contributed by atoms with Gasteiger partial charge in [0.1, 0.15) is 0 Å². The number of aromatic amines is 1. The Morgan fingerprint density at radius 2 is 2.00 bits per heavy atom. The molecule has 0 fully saturated rings. The number of benzene rings is 1. The summed E-state index contributed by atoms with van der Waals surface area (Å²) in [5, 5.41) is 6.86. The molecule has 118 valence electrons. The Kier molecular flexibility index (Phi) is 4.18. The molecule has 1 atom stereocenters. The fourth-order valence-corrected chi connectivity index (χ4v) is 2.63. The molecule has 1 aromatic carbocycles. The Hall–Kier alpha value is -2.96. The number of amides is 2. The Labute approximate surface area is 131 Å². The van der Waals surface area contributed by atoms with Crippen LogP contribution in [0.2, 0.25) is 0 Å². The topological polar surface area (TPSA) is 104 Å². The van der Waals surface area contributed by atoms with Crippen LogP contribution in [0, 0.1) is 5.92 Å². The van der Waals surface area contributed by atoms with Crippen LogP contribution in [0.3, 0.4) is 0 Å². The summed E-state index contributed by atoms with van der Waals surface area (Å²) in [4.78, 5) is 35.7. The first-order chi connectivity index (χ1) is 11.1. The second kappa shape index (κ2) is 6.43. The van der Waals surface area contributed by atoms with Crippen molar-refractivity contribution in [2.75, 3.05) is 0 Å².